The monoisotopic (exact) mass is 420 g/mol. The largest absolute Gasteiger partial charge is 0.349 e. The Morgan fingerprint density at radius 1 is 1.28 bits per heavy atom. The topological polar surface area (TPSA) is 101 Å². The molecule has 1 atom stereocenters. The molecule has 2 aliphatic rings. The zero-order valence-electron chi connectivity index (χ0n) is 15.7. The van der Waals surface area contributed by atoms with Gasteiger partial charge in [0.15, 0.2) is 9.84 Å². The molecule has 0 bridgehead atoms. The van der Waals surface area contributed by atoms with Crippen LogP contribution in [-0.2, 0) is 26.0 Å². The van der Waals surface area contributed by atoms with Crippen molar-refractivity contribution >= 4 is 38.3 Å². The van der Waals surface area contributed by atoms with Gasteiger partial charge in [-0.2, -0.15) is 5.10 Å². The molecule has 8 nitrogen and oxygen atoms in total. The number of hydrogen-bond acceptors (Lipinski definition) is 5. The Kier molecular flexibility index (Phi) is 5.12. The number of amides is 2. The number of rotatable bonds is 5. The minimum absolute atomic E-state index is 0.0317. The van der Waals surface area contributed by atoms with Crippen molar-refractivity contribution in [1.29, 1.82) is 0 Å². The fourth-order valence-corrected chi connectivity index (χ4v) is 5.42. The molecule has 2 aromatic rings. The predicted octanol–water partition coefficient (Wildman–Crippen LogP) is 1.06. The summed E-state index contributed by atoms with van der Waals surface area (Å²) < 4.78 is 38.7. The van der Waals surface area contributed by atoms with Gasteiger partial charge in [-0.25, -0.2) is 17.8 Å². The average molecular weight is 420 g/mol. The Balaban J connectivity index is 1.39. The first-order chi connectivity index (χ1) is 13.8. The van der Waals surface area contributed by atoms with Crippen LogP contribution in [0.25, 0.3) is 10.9 Å². The van der Waals surface area contributed by atoms with E-state index in [2.05, 4.69) is 10.4 Å². The van der Waals surface area contributed by atoms with E-state index in [4.69, 9.17) is 0 Å². The normalized spacial score (nSPS) is 21.4. The van der Waals surface area contributed by atoms with Gasteiger partial charge in [-0.15, -0.1) is 0 Å². The molecule has 1 saturated heterocycles. The molecule has 0 radical (unpaired) electrons. The van der Waals surface area contributed by atoms with E-state index in [1.165, 1.54) is 17.1 Å². The van der Waals surface area contributed by atoms with E-state index in [-0.39, 0.29) is 47.7 Å². The van der Waals surface area contributed by atoms with E-state index in [0.717, 1.165) is 10.9 Å². The molecule has 2 aliphatic heterocycles. The lowest BCUT2D eigenvalue weighted by Crippen LogP contribution is -2.44. The molecule has 1 N–H and O–H groups in total. The van der Waals surface area contributed by atoms with Gasteiger partial charge in [-0.3, -0.25) is 9.59 Å². The van der Waals surface area contributed by atoms with Crippen molar-refractivity contribution < 1.29 is 22.4 Å². The van der Waals surface area contributed by atoms with Crippen LogP contribution in [0.2, 0.25) is 0 Å². The molecule has 4 rings (SSSR count). The second-order valence-corrected chi connectivity index (χ2v) is 9.54. The molecule has 1 fully saturated rings. The van der Waals surface area contributed by atoms with Crippen LogP contribution in [0, 0.1) is 5.82 Å². The molecule has 2 amide bonds. The van der Waals surface area contributed by atoms with Crippen LogP contribution in [0.15, 0.2) is 35.6 Å². The maximum atomic E-state index is 13.5. The van der Waals surface area contributed by atoms with E-state index in [9.17, 15) is 22.4 Å². The Morgan fingerprint density at radius 2 is 2.10 bits per heavy atom. The first-order valence-corrected chi connectivity index (χ1v) is 11.3. The number of benzene rings is 1. The second kappa shape index (κ2) is 7.58. The van der Waals surface area contributed by atoms with Gasteiger partial charge in [0, 0.05) is 32.1 Å². The number of aromatic nitrogens is 1. The number of carbonyl (C=O) groups excluding carboxylic acids is 2. The lowest BCUT2D eigenvalue weighted by Gasteiger charge is -2.27. The number of nitrogens with zero attached hydrogens (tertiary/aromatic N) is 3. The molecule has 10 heteroatoms. The van der Waals surface area contributed by atoms with Crippen molar-refractivity contribution in [2.45, 2.75) is 31.8 Å². The van der Waals surface area contributed by atoms with Crippen molar-refractivity contribution in [3.05, 3.63) is 36.3 Å². The second-order valence-electron chi connectivity index (χ2n) is 7.31. The highest BCUT2D eigenvalue weighted by atomic mass is 32.2. The third-order valence-electron chi connectivity index (χ3n) is 5.25. The quantitative estimate of drug-likeness (QED) is 0.782. The van der Waals surface area contributed by atoms with Crippen LogP contribution in [-0.4, -0.2) is 59.6 Å². The van der Waals surface area contributed by atoms with Gasteiger partial charge in [-0.1, -0.05) is 0 Å². The molecule has 154 valence electrons. The van der Waals surface area contributed by atoms with Crippen molar-refractivity contribution in [2.75, 3.05) is 18.1 Å². The van der Waals surface area contributed by atoms with Crippen LogP contribution < -0.4 is 5.32 Å². The lowest BCUT2D eigenvalue weighted by molar-refractivity contribution is -0.133. The third-order valence-corrected chi connectivity index (χ3v) is 7.00. The highest BCUT2D eigenvalue weighted by Crippen LogP contribution is 2.22. The summed E-state index contributed by atoms with van der Waals surface area (Å²) in [7, 11) is -3.16. The van der Waals surface area contributed by atoms with Crippen LogP contribution in [0.3, 0.4) is 0 Å². The maximum absolute atomic E-state index is 13.5. The summed E-state index contributed by atoms with van der Waals surface area (Å²) in [4.78, 5) is 24.6. The van der Waals surface area contributed by atoms with Crippen molar-refractivity contribution in [3.63, 3.8) is 0 Å². The maximum Gasteiger partial charge on any atom is 0.267 e. The minimum atomic E-state index is -3.16. The summed E-state index contributed by atoms with van der Waals surface area (Å²) in [5.41, 5.74) is 0.964. The van der Waals surface area contributed by atoms with E-state index < -0.39 is 15.9 Å². The molecule has 29 heavy (non-hydrogen) atoms. The summed E-state index contributed by atoms with van der Waals surface area (Å²) in [6.45, 7) is 0.763. The van der Waals surface area contributed by atoms with Crippen LogP contribution in [0.1, 0.15) is 19.3 Å². The van der Waals surface area contributed by atoms with Gasteiger partial charge < -0.3 is 9.88 Å². The van der Waals surface area contributed by atoms with Crippen molar-refractivity contribution in [2.24, 2.45) is 5.10 Å². The third kappa shape index (κ3) is 4.16. The highest BCUT2D eigenvalue weighted by molar-refractivity contribution is 7.91. The number of sulfone groups is 1. The van der Waals surface area contributed by atoms with Gasteiger partial charge in [0.25, 0.3) is 5.91 Å². The summed E-state index contributed by atoms with van der Waals surface area (Å²) in [5.74, 6) is -1.05. The van der Waals surface area contributed by atoms with Gasteiger partial charge in [0.05, 0.1) is 23.1 Å². The first kappa shape index (κ1) is 19.6. The number of fused-ring (bicyclic) bond motifs is 1. The van der Waals surface area contributed by atoms with Gasteiger partial charge in [0.2, 0.25) is 5.91 Å². The van der Waals surface area contributed by atoms with Gasteiger partial charge in [0.1, 0.15) is 11.5 Å². The van der Waals surface area contributed by atoms with Crippen molar-refractivity contribution in [3.8, 4) is 0 Å². The molecular formula is C19H21FN4O4S. The number of carbonyl (C=O) groups is 2. The molecule has 0 aliphatic carbocycles. The molecule has 1 aromatic carbocycles. The Hall–Kier alpha value is -2.75. The number of nitrogens with one attached hydrogen (secondary N) is 1. The first-order valence-electron chi connectivity index (χ1n) is 9.45. The number of halogens is 1. The Bertz CT molecular complexity index is 1110. The molecule has 0 spiro atoms. The molecule has 0 saturated carbocycles. The smallest absolute Gasteiger partial charge is 0.267 e. The lowest BCUT2D eigenvalue weighted by atomic mass is 10.1. The molecule has 1 aromatic heterocycles. The SMILES string of the molecule is O=C(NCCn1ccc2ccc(F)cc21)C1=NN(C2CCS(=O)(=O)C2)C(=O)CC1. The molecule has 1 unspecified atom stereocenters. The van der Waals surface area contributed by atoms with Crippen LogP contribution in [0.5, 0.6) is 0 Å². The van der Waals surface area contributed by atoms with E-state index >= 15 is 0 Å². The fourth-order valence-electron chi connectivity index (χ4n) is 3.73. The van der Waals surface area contributed by atoms with E-state index in [1.807, 2.05) is 16.8 Å². The number of hydrogen-bond donors (Lipinski definition) is 1. The Labute approximate surface area is 167 Å². The van der Waals surface area contributed by atoms with Gasteiger partial charge in [-0.05, 0) is 36.1 Å². The summed E-state index contributed by atoms with van der Waals surface area (Å²) in [6.07, 6.45) is 2.52. The van der Waals surface area contributed by atoms with Gasteiger partial charge >= 0.3 is 0 Å². The van der Waals surface area contributed by atoms with Crippen molar-refractivity contribution in [1.82, 2.24) is 14.9 Å². The van der Waals surface area contributed by atoms with Crippen LogP contribution in [0.4, 0.5) is 4.39 Å². The van der Waals surface area contributed by atoms with Crippen LogP contribution >= 0.6 is 0 Å². The summed E-state index contributed by atoms with van der Waals surface area (Å²) in [6, 6.07) is 5.92. The van der Waals surface area contributed by atoms with E-state index in [1.54, 1.807) is 6.07 Å². The number of hydrazone groups is 1. The average Bonchev–Trinajstić information content (AvgIpc) is 3.24. The zero-order chi connectivity index (χ0) is 20.6. The standard InChI is InChI=1S/C19H21FN4O4S/c20-14-2-1-13-5-8-23(17(13)11-14)9-7-21-19(26)16-3-4-18(25)24(22-16)15-6-10-29(27,28)12-15/h1-2,5,8,11,15H,3-4,6-7,9-10,12H2,(H,21,26). The zero-order valence-corrected chi connectivity index (χ0v) is 16.5. The summed E-state index contributed by atoms with van der Waals surface area (Å²) >= 11 is 0. The minimum Gasteiger partial charge on any atom is -0.349 e. The predicted molar refractivity (Wildman–Crippen MR) is 105 cm³/mol. The highest BCUT2D eigenvalue weighted by Gasteiger charge is 2.37. The molecular weight excluding hydrogens is 399 g/mol. The fraction of sp³-hybridized carbons (Fsp3) is 0.421. The Morgan fingerprint density at radius 3 is 2.86 bits per heavy atom. The summed E-state index contributed by atoms with van der Waals surface area (Å²) in [5, 5.41) is 9.01. The van der Waals surface area contributed by atoms with E-state index in [0.29, 0.717) is 19.5 Å². The molecule has 3 heterocycles.